The Hall–Kier alpha value is -2.24. The molecule has 1 aromatic heterocycles. The van der Waals surface area contributed by atoms with Crippen LogP contribution in [-0.2, 0) is 12.7 Å². The van der Waals surface area contributed by atoms with E-state index in [4.69, 9.17) is 28.9 Å². The van der Waals surface area contributed by atoms with Gasteiger partial charge in [0.2, 0.25) is 0 Å². The predicted octanol–water partition coefficient (Wildman–Crippen LogP) is 5.29. The van der Waals surface area contributed by atoms with Crippen LogP contribution in [0.4, 0.5) is 36.8 Å². The Morgan fingerprint density at radius 3 is 2.14 bits per heavy atom. The van der Waals surface area contributed by atoms with Crippen molar-refractivity contribution in [3.8, 4) is 0 Å². The number of amides is 2. The summed E-state index contributed by atoms with van der Waals surface area (Å²) in [6.45, 7) is -0.177. The SMILES string of the molecule is NC(c1cc(Cl)c(NC(=O)NCc2ccc(C(F)(F)F)nc2)c(Cl)c1)C(F)(F)F. The van der Waals surface area contributed by atoms with Crippen LogP contribution in [0.15, 0.2) is 30.5 Å². The molecule has 13 heteroatoms. The Kier molecular flexibility index (Phi) is 6.86. The minimum Gasteiger partial charge on any atom is -0.334 e. The zero-order valence-corrected chi connectivity index (χ0v) is 15.6. The van der Waals surface area contributed by atoms with E-state index in [0.717, 1.165) is 30.5 Å². The summed E-state index contributed by atoms with van der Waals surface area (Å²) >= 11 is 11.8. The lowest BCUT2D eigenvalue weighted by atomic mass is 10.1. The summed E-state index contributed by atoms with van der Waals surface area (Å²) in [5, 5.41) is 4.02. The van der Waals surface area contributed by atoms with Crippen LogP contribution < -0.4 is 16.4 Å². The fourth-order valence-corrected chi connectivity index (χ4v) is 2.72. The maximum absolute atomic E-state index is 12.7. The number of pyridine rings is 1. The highest BCUT2D eigenvalue weighted by Gasteiger charge is 2.38. The molecule has 1 heterocycles. The van der Waals surface area contributed by atoms with Crippen LogP contribution in [-0.4, -0.2) is 17.2 Å². The number of urea groups is 1. The topological polar surface area (TPSA) is 80.0 Å². The van der Waals surface area contributed by atoms with E-state index in [-0.39, 0.29) is 27.8 Å². The summed E-state index contributed by atoms with van der Waals surface area (Å²) in [6, 6.07) is 0.561. The van der Waals surface area contributed by atoms with Crippen LogP contribution in [0.1, 0.15) is 22.9 Å². The summed E-state index contributed by atoms with van der Waals surface area (Å²) in [4.78, 5) is 15.2. The van der Waals surface area contributed by atoms with Gasteiger partial charge >= 0.3 is 18.4 Å². The van der Waals surface area contributed by atoms with E-state index < -0.39 is 35.7 Å². The first-order chi connectivity index (χ1) is 13.3. The average molecular weight is 461 g/mol. The Balaban J connectivity index is 2.04. The van der Waals surface area contributed by atoms with Crippen LogP contribution in [0, 0.1) is 0 Å². The molecule has 0 saturated carbocycles. The summed E-state index contributed by atoms with van der Waals surface area (Å²) in [5.41, 5.74) is 3.73. The quantitative estimate of drug-likeness (QED) is 0.542. The Bertz CT molecular complexity index is 863. The fourth-order valence-electron chi connectivity index (χ4n) is 2.12. The van der Waals surface area contributed by atoms with Crippen molar-refractivity contribution in [3.63, 3.8) is 0 Å². The second kappa shape index (κ2) is 8.64. The van der Waals surface area contributed by atoms with Crippen molar-refractivity contribution in [1.82, 2.24) is 10.3 Å². The summed E-state index contributed by atoms with van der Waals surface area (Å²) in [5.74, 6) is 0. The highest BCUT2D eigenvalue weighted by molar-refractivity contribution is 6.39. The smallest absolute Gasteiger partial charge is 0.334 e. The minimum atomic E-state index is -4.71. The van der Waals surface area contributed by atoms with E-state index in [1.165, 1.54) is 0 Å². The molecule has 5 nitrogen and oxygen atoms in total. The Labute approximate surface area is 170 Å². The second-order valence-corrected chi connectivity index (χ2v) is 6.55. The van der Waals surface area contributed by atoms with Gasteiger partial charge in [0, 0.05) is 12.7 Å². The minimum absolute atomic E-state index is 0.158. The molecular formula is C16H12Cl2F6N4O. The first-order valence-electron chi connectivity index (χ1n) is 7.67. The zero-order chi connectivity index (χ0) is 22.0. The van der Waals surface area contributed by atoms with Gasteiger partial charge in [0.25, 0.3) is 0 Å². The van der Waals surface area contributed by atoms with Gasteiger partial charge < -0.3 is 16.4 Å². The largest absolute Gasteiger partial charge is 0.433 e. The molecule has 29 heavy (non-hydrogen) atoms. The number of nitrogens with two attached hydrogens (primary N) is 1. The third-order valence-electron chi connectivity index (χ3n) is 3.58. The van der Waals surface area contributed by atoms with Gasteiger partial charge in [-0.15, -0.1) is 0 Å². The van der Waals surface area contributed by atoms with Crippen LogP contribution in [0.2, 0.25) is 10.0 Å². The summed E-state index contributed by atoms with van der Waals surface area (Å²) in [6.07, 6.45) is -8.36. The van der Waals surface area contributed by atoms with Crippen molar-refractivity contribution < 1.29 is 31.1 Å². The van der Waals surface area contributed by atoms with Crippen LogP contribution in [0.25, 0.3) is 0 Å². The van der Waals surface area contributed by atoms with Crippen molar-refractivity contribution in [2.45, 2.75) is 24.9 Å². The number of alkyl halides is 6. The molecule has 0 aliphatic rings. The van der Waals surface area contributed by atoms with Crippen LogP contribution in [0.3, 0.4) is 0 Å². The normalized spacial score (nSPS) is 13.1. The number of carbonyl (C=O) groups excluding carboxylic acids is 1. The molecule has 0 fully saturated rings. The van der Waals surface area contributed by atoms with Gasteiger partial charge in [-0.05, 0) is 29.3 Å². The van der Waals surface area contributed by atoms with Crippen molar-refractivity contribution in [3.05, 3.63) is 57.3 Å². The number of rotatable bonds is 4. The molecular weight excluding hydrogens is 449 g/mol. The molecule has 2 aromatic rings. The van der Waals surface area contributed by atoms with Crippen LogP contribution >= 0.6 is 23.2 Å². The summed E-state index contributed by atoms with van der Waals surface area (Å²) < 4.78 is 75.5. The van der Waals surface area contributed by atoms with E-state index in [0.29, 0.717) is 0 Å². The van der Waals surface area contributed by atoms with Gasteiger partial charge in [-0.25, -0.2) is 4.79 Å². The third-order valence-corrected chi connectivity index (χ3v) is 4.18. The molecule has 0 saturated heterocycles. The molecule has 0 bridgehead atoms. The van der Waals surface area contributed by atoms with Gasteiger partial charge in [-0.1, -0.05) is 29.3 Å². The lowest BCUT2D eigenvalue weighted by molar-refractivity contribution is -0.149. The molecule has 1 atom stereocenters. The number of nitrogens with one attached hydrogen (secondary N) is 2. The lowest BCUT2D eigenvalue weighted by Gasteiger charge is -2.18. The van der Waals surface area contributed by atoms with E-state index in [1.54, 1.807) is 0 Å². The second-order valence-electron chi connectivity index (χ2n) is 5.74. The molecule has 0 aliphatic heterocycles. The highest BCUT2D eigenvalue weighted by atomic mass is 35.5. The average Bonchev–Trinajstić information content (AvgIpc) is 2.61. The number of benzene rings is 1. The first-order valence-corrected chi connectivity index (χ1v) is 8.43. The van der Waals surface area contributed by atoms with Crippen molar-refractivity contribution in [1.29, 1.82) is 0 Å². The fraction of sp³-hybridized carbons (Fsp3) is 0.250. The Morgan fingerprint density at radius 1 is 1.10 bits per heavy atom. The molecule has 2 amide bonds. The van der Waals surface area contributed by atoms with Gasteiger partial charge in [0.05, 0.1) is 15.7 Å². The maximum Gasteiger partial charge on any atom is 0.433 e. The third kappa shape index (κ3) is 6.12. The van der Waals surface area contributed by atoms with Crippen LogP contribution in [0.5, 0.6) is 0 Å². The molecule has 0 radical (unpaired) electrons. The molecule has 1 unspecified atom stereocenters. The predicted molar refractivity (Wildman–Crippen MR) is 94.5 cm³/mol. The van der Waals surface area contributed by atoms with E-state index in [9.17, 15) is 31.1 Å². The molecule has 158 valence electrons. The van der Waals surface area contributed by atoms with Gasteiger partial charge in [0.15, 0.2) is 0 Å². The number of hydrogen-bond acceptors (Lipinski definition) is 3. The highest BCUT2D eigenvalue weighted by Crippen LogP contribution is 2.37. The number of halogens is 8. The van der Waals surface area contributed by atoms with Crippen molar-refractivity contribution in [2.75, 3.05) is 5.32 Å². The number of aromatic nitrogens is 1. The molecule has 1 aromatic carbocycles. The molecule has 0 aliphatic carbocycles. The van der Waals surface area contributed by atoms with E-state index in [1.807, 2.05) is 0 Å². The monoisotopic (exact) mass is 460 g/mol. The number of hydrogen-bond donors (Lipinski definition) is 3. The zero-order valence-electron chi connectivity index (χ0n) is 14.1. The molecule has 0 spiro atoms. The van der Waals surface area contributed by atoms with E-state index >= 15 is 0 Å². The number of anilines is 1. The molecule has 2 rings (SSSR count). The lowest BCUT2D eigenvalue weighted by Crippen LogP contribution is -2.29. The van der Waals surface area contributed by atoms with Crippen molar-refractivity contribution in [2.24, 2.45) is 5.73 Å². The van der Waals surface area contributed by atoms with Gasteiger partial charge in [-0.2, -0.15) is 26.3 Å². The standard InChI is InChI=1S/C16H12Cl2F6N4O/c17-9-3-8(13(25)16(22,23)24)4-10(18)12(9)28-14(29)27-6-7-1-2-11(26-5-7)15(19,20)21/h1-5,13H,6,25H2,(H2,27,28,29). The summed E-state index contributed by atoms with van der Waals surface area (Å²) in [7, 11) is 0. The first kappa shape index (κ1) is 23.0. The number of carbonyl (C=O) groups is 1. The van der Waals surface area contributed by atoms with Gasteiger partial charge in [0.1, 0.15) is 11.7 Å². The van der Waals surface area contributed by atoms with Gasteiger partial charge in [-0.3, -0.25) is 4.98 Å². The van der Waals surface area contributed by atoms with E-state index in [2.05, 4.69) is 15.6 Å². The van der Waals surface area contributed by atoms with Crippen molar-refractivity contribution >= 4 is 34.9 Å². The number of nitrogens with zero attached hydrogens (tertiary/aromatic N) is 1. The maximum atomic E-state index is 12.7. The Morgan fingerprint density at radius 2 is 1.69 bits per heavy atom. The molecule has 4 N–H and O–H groups in total.